The Bertz CT molecular complexity index is 415. The van der Waals surface area contributed by atoms with E-state index in [9.17, 15) is 4.79 Å². The summed E-state index contributed by atoms with van der Waals surface area (Å²) in [4.78, 5) is 11.5. The molecule has 0 aromatic heterocycles. The van der Waals surface area contributed by atoms with E-state index in [2.05, 4.69) is 5.32 Å². The highest BCUT2D eigenvalue weighted by atomic mass is 16.5. The topological polar surface area (TPSA) is 62.2 Å². The molecule has 1 heterocycles. The summed E-state index contributed by atoms with van der Waals surface area (Å²) in [5.74, 6) is -0.390. The first kappa shape index (κ1) is 9.71. The Kier molecular flexibility index (Phi) is 2.41. The quantitative estimate of drug-likeness (QED) is 0.716. The number of hydrogen-bond acceptors (Lipinski definition) is 4. The predicted molar refractivity (Wildman–Crippen MR) is 57.3 cm³/mol. The molecule has 0 spiro atoms. The van der Waals surface area contributed by atoms with Crippen molar-refractivity contribution in [3.8, 4) is 0 Å². The minimum atomic E-state index is -0.651. The molecule has 0 radical (unpaired) electrons. The zero-order valence-electron chi connectivity index (χ0n) is 8.41. The Morgan fingerprint density at radius 2 is 2.27 bits per heavy atom. The molecule has 1 aromatic rings. The summed E-state index contributed by atoms with van der Waals surface area (Å²) >= 11 is 0. The highest BCUT2D eigenvalue weighted by Gasteiger charge is 2.32. The van der Waals surface area contributed by atoms with Crippen molar-refractivity contribution in [1.82, 2.24) is 0 Å². The minimum absolute atomic E-state index is 0.282. The van der Waals surface area contributed by atoms with Crippen molar-refractivity contribution in [1.29, 1.82) is 5.41 Å². The zero-order chi connectivity index (χ0) is 10.8. The average Bonchev–Trinajstić information content (AvgIpc) is 2.57. The zero-order valence-corrected chi connectivity index (χ0v) is 8.41. The van der Waals surface area contributed by atoms with Gasteiger partial charge in [0.05, 0.1) is 12.3 Å². The van der Waals surface area contributed by atoms with Gasteiger partial charge in [0.15, 0.2) is 6.04 Å². The van der Waals surface area contributed by atoms with Gasteiger partial charge in [0.1, 0.15) is 0 Å². The second-order valence-electron chi connectivity index (χ2n) is 3.29. The molecule has 78 valence electrons. The molecular weight excluding hydrogens is 192 g/mol. The summed E-state index contributed by atoms with van der Waals surface area (Å²) in [6.07, 6.45) is 0. The maximum Gasteiger partial charge on any atom is 0.334 e. The molecule has 1 aromatic carbocycles. The van der Waals surface area contributed by atoms with Crippen LogP contribution in [0.3, 0.4) is 0 Å². The van der Waals surface area contributed by atoms with Crippen molar-refractivity contribution >= 4 is 17.4 Å². The number of para-hydroxylation sites is 1. The van der Waals surface area contributed by atoms with Gasteiger partial charge in [0.2, 0.25) is 0 Å². The highest BCUT2D eigenvalue weighted by molar-refractivity contribution is 6.21. The molecule has 0 saturated carbocycles. The van der Waals surface area contributed by atoms with Crippen LogP contribution in [0, 0.1) is 5.41 Å². The lowest BCUT2D eigenvalue weighted by atomic mass is 10.1. The largest absolute Gasteiger partial charge is 0.464 e. The highest BCUT2D eigenvalue weighted by Crippen LogP contribution is 2.25. The molecule has 2 N–H and O–H groups in total. The second kappa shape index (κ2) is 3.73. The standard InChI is InChI=1S/C11H12N2O2/c1-2-15-11(14)10-9(12)7-5-3-4-6-8(7)13-10/h3-6,10,12-13H,2H2,1H3/t10-/m1/s1. The van der Waals surface area contributed by atoms with E-state index in [1.807, 2.05) is 24.3 Å². The van der Waals surface area contributed by atoms with Crippen molar-refractivity contribution in [2.75, 3.05) is 11.9 Å². The fourth-order valence-corrected chi connectivity index (χ4v) is 1.63. The molecule has 0 amide bonds. The van der Waals surface area contributed by atoms with Gasteiger partial charge in [-0.3, -0.25) is 0 Å². The van der Waals surface area contributed by atoms with Crippen LogP contribution < -0.4 is 5.32 Å². The van der Waals surface area contributed by atoms with Crippen LogP contribution in [-0.2, 0) is 9.53 Å². The SMILES string of the molecule is CCOC(=O)[C@@H]1Nc2ccccc2C1=N. The number of anilines is 1. The van der Waals surface area contributed by atoms with Crippen LogP contribution in [-0.4, -0.2) is 24.3 Å². The predicted octanol–water partition coefficient (Wildman–Crippen LogP) is 1.41. The van der Waals surface area contributed by atoms with Crippen molar-refractivity contribution in [3.63, 3.8) is 0 Å². The molecule has 0 fully saturated rings. The molecule has 0 saturated heterocycles. The van der Waals surface area contributed by atoms with E-state index in [1.165, 1.54) is 0 Å². The van der Waals surface area contributed by atoms with Crippen LogP contribution in [0.5, 0.6) is 0 Å². The van der Waals surface area contributed by atoms with Gasteiger partial charge in [0, 0.05) is 11.3 Å². The fraction of sp³-hybridized carbons (Fsp3) is 0.273. The van der Waals surface area contributed by atoms with Crippen LogP contribution in [0.1, 0.15) is 12.5 Å². The minimum Gasteiger partial charge on any atom is -0.464 e. The second-order valence-corrected chi connectivity index (χ2v) is 3.29. The third kappa shape index (κ3) is 1.58. The molecule has 1 aliphatic heterocycles. The molecule has 0 aliphatic carbocycles. The molecule has 15 heavy (non-hydrogen) atoms. The van der Waals surface area contributed by atoms with Gasteiger partial charge < -0.3 is 15.5 Å². The number of carbonyl (C=O) groups excluding carboxylic acids is 1. The Morgan fingerprint density at radius 3 is 2.93 bits per heavy atom. The lowest BCUT2D eigenvalue weighted by Crippen LogP contribution is -2.33. The van der Waals surface area contributed by atoms with Gasteiger partial charge in [0.25, 0.3) is 0 Å². The van der Waals surface area contributed by atoms with Crippen LogP contribution in [0.2, 0.25) is 0 Å². The van der Waals surface area contributed by atoms with E-state index in [4.69, 9.17) is 10.1 Å². The van der Waals surface area contributed by atoms with Gasteiger partial charge >= 0.3 is 5.97 Å². The van der Waals surface area contributed by atoms with Crippen molar-refractivity contribution in [3.05, 3.63) is 29.8 Å². The number of rotatable bonds is 2. The van der Waals surface area contributed by atoms with Crippen molar-refractivity contribution < 1.29 is 9.53 Å². The van der Waals surface area contributed by atoms with E-state index >= 15 is 0 Å². The molecule has 2 rings (SSSR count). The monoisotopic (exact) mass is 204 g/mol. The van der Waals surface area contributed by atoms with Crippen molar-refractivity contribution in [2.24, 2.45) is 0 Å². The number of esters is 1. The van der Waals surface area contributed by atoms with E-state index in [1.54, 1.807) is 6.92 Å². The molecule has 4 nitrogen and oxygen atoms in total. The van der Waals surface area contributed by atoms with E-state index in [0.29, 0.717) is 6.61 Å². The van der Waals surface area contributed by atoms with Crippen LogP contribution in [0.15, 0.2) is 24.3 Å². The number of nitrogens with one attached hydrogen (secondary N) is 2. The smallest absolute Gasteiger partial charge is 0.334 e. The summed E-state index contributed by atoms with van der Waals surface area (Å²) < 4.78 is 4.89. The first-order valence-corrected chi connectivity index (χ1v) is 4.85. The summed E-state index contributed by atoms with van der Waals surface area (Å²) in [7, 11) is 0. The Hall–Kier alpha value is -1.84. The maximum absolute atomic E-state index is 11.5. The number of ether oxygens (including phenoxy) is 1. The number of hydrogen-bond donors (Lipinski definition) is 2. The molecule has 0 unspecified atom stereocenters. The lowest BCUT2D eigenvalue weighted by Gasteiger charge is -2.09. The van der Waals surface area contributed by atoms with Gasteiger partial charge in [-0.05, 0) is 13.0 Å². The van der Waals surface area contributed by atoms with Crippen LogP contribution in [0.4, 0.5) is 5.69 Å². The van der Waals surface area contributed by atoms with Crippen LogP contribution >= 0.6 is 0 Å². The molecule has 0 bridgehead atoms. The summed E-state index contributed by atoms with van der Waals surface area (Å²) in [5.41, 5.74) is 1.88. The van der Waals surface area contributed by atoms with Crippen LogP contribution in [0.25, 0.3) is 0 Å². The van der Waals surface area contributed by atoms with E-state index in [0.717, 1.165) is 11.3 Å². The summed E-state index contributed by atoms with van der Waals surface area (Å²) in [5, 5.41) is 10.8. The van der Waals surface area contributed by atoms with Crippen molar-refractivity contribution in [2.45, 2.75) is 13.0 Å². The van der Waals surface area contributed by atoms with E-state index < -0.39 is 12.0 Å². The Balaban J connectivity index is 2.24. The third-order valence-electron chi connectivity index (χ3n) is 2.33. The fourth-order valence-electron chi connectivity index (χ4n) is 1.63. The number of fused-ring (bicyclic) bond motifs is 1. The average molecular weight is 204 g/mol. The normalized spacial score (nSPS) is 18.2. The summed E-state index contributed by atoms with van der Waals surface area (Å²) in [6, 6.07) is 6.74. The van der Waals surface area contributed by atoms with Gasteiger partial charge in [-0.1, -0.05) is 18.2 Å². The molecule has 4 heteroatoms. The first-order valence-electron chi connectivity index (χ1n) is 4.85. The Labute approximate surface area is 87.8 Å². The number of carbonyl (C=O) groups is 1. The van der Waals surface area contributed by atoms with Gasteiger partial charge in [-0.15, -0.1) is 0 Å². The Morgan fingerprint density at radius 1 is 1.53 bits per heavy atom. The molecule has 1 atom stereocenters. The van der Waals surface area contributed by atoms with Gasteiger partial charge in [-0.25, -0.2) is 4.79 Å². The lowest BCUT2D eigenvalue weighted by molar-refractivity contribution is -0.142. The number of benzene rings is 1. The molecule has 1 aliphatic rings. The molecular formula is C11H12N2O2. The van der Waals surface area contributed by atoms with E-state index in [-0.39, 0.29) is 5.71 Å². The maximum atomic E-state index is 11.5. The first-order chi connectivity index (χ1) is 7.24. The summed E-state index contributed by atoms with van der Waals surface area (Å²) in [6.45, 7) is 2.09. The third-order valence-corrected chi connectivity index (χ3v) is 2.33. The van der Waals surface area contributed by atoms with Gasteiger partial charge in [-0.2, -0.15) is 0 Å².